The minimum atomic E-state index is -1.30. The molecule has 0 spiro atoms. The van der Waals surface area contributed by atoms with Gasteiger partial charge in [0.15, 0.2) is 5.60 Å². The zero-order valence-electron chi connectivity index (χ0n) is 18.4. The average Bonchev–Trinajstić information content (AvgIpc) is 2.80. The summed E-state index contributed by atoms with van der Waals surface area (Å²) in [6.07, 6.45) is 0.620. The molecule has 3 rings (SSSR count). The fourth-order valence-corrected chi connectivity index (χ4v) is 3.17. The van der Waals surface area contributed by atoms with Crippen molar-refractivity contribution in [2.75, 3.05) is 13.7 Å². The molecule has 0 heterocycles. The molecule has 0 aliphatic rings. The van der Waals surface area contributed by atoms with Crippen LogP contribution in [0, 0.1) is 0 Å². The Bertz CT molecular complexity index is 1080. The first-order valence-corrected chi connectivity index (χ1v) is 10.3. The molecule has 0 saturated heterocycles. The number of carbonyl (C=O) groups excluding carboxylic acids is 1. The van der Waals surface area contributed by atoms with E-state index in [9.17, 15) is 9.59 Å². The van der Waals surface area contributed by atoms with Gasteiger partial charge in [0.2, 0.25) is 0 Å². The number of ether oxygens (including phenoxy) is 2. The summed E-state index contributed by atoms with van der Waals surface area (Å²) in [5, 5.41) is 12.1. The summed E-state index contributed by atoms with van der Waals surface area (Å²) in [5.41, 5.74) is 2.14. The summed E-state index contributed by atoms with van der Waals surface area (Å²) in [6.45, 7) is 3.44. The lowest BCUT2D eigenvalue weighted by Gasteiger charge is -2.21. The maximum atomic E-state index is 12.8. The smallest absolute Gasteiger partial charge is 0.347 e. The summed E-state index contributed by atoms with van der Waals surface area (Å²) in [4.78, 5) is 24.0. The van der Waals surface area contributed by atoms with Gasteiger partial charge in [0, 0.05) is 6.54 Å². The van der Waals surface area contributed by atoms with Crippen LogP contribution in [0.4, 0.5) is 0 Å². The Morgan fingerprint density at radius 1 is 0.938 bits per heavy atom. The zero-order valence-corrected chi connectivity index (χ0v) is 18.4. The number of carboxylic acids is 1. The lowest BCUT2D eigenvalue weighted by molar-refractivity contribution is -0.152. The maximum absolute atomic E-state index is 12.8. The topological polar surface area (TPSA) is 84.9 Å². The molecule has 0 unspecified atom stereocenters. The van der Waals surface area contributed by atoms with Gasteiger partial charge in [-0.15, -0.1) is 0 Å². The Kier molecular flexibility index (Phi) is 7.15. The van der Waals surface area contributed by atoms with Crippen molar-refractivity contribution >= 4 is 11.9 Å². The molecule has 3 aromatic carbocycles. The average molecular weight is 434 g/mol. The van der Waals surface area contributed by atoms with E-state index in [1.165, 1.54) is 13.8 Å². The van der Waals surface area contributed by atoms with Gasteiger partial charge in [-0.1, -0.05) is 48.5 Å². The van der Waals surface area contributed by atoms with E-state index in [0.29, 0.717) is 30.0 Å². The molecule has 0 fully saturated rings. The summed E-state index contributed by atoms with van der Waals surface area (Å²) < 4.78 is 10.9. The number of carbonyl (C=O) groups is 2. The molecule has 0 aromatic heterocycles. The van der Waals surface area contributed by atoms with E-state index in [4.69, 9.17) is 14.6 Å². The highest BCUT2D eigenvalue weighted by atomic mass is 16.5. The first kappa shape index (κ1) is 22.9. The minimum Gasteiger partial charge on any atom is -0.496 e. The predicted molar refractivity (Wildman–Crippen MR) is 123 cm³/mol. The fraction of sp³-hybridized carbons (Fsp3) is 0.231. The third-order valence-electron chi connectivity index (χ3n) is 5.06. The van der Waals surface area contributed by atoms with Crippen molar-refractivity contribution in [3.05, 3.63) is 83.9 Å². The molecule has 0 aliphatic carbocycles. The van der Waals surface area contributed by atoms with Crippen LogP contribution in [0.3, 0.4) is 0 Å². The molecule has 32 heavy (non-hydrogen) atoms. The highest BCUT2D eigenvalue weighted by Crippen LogP contribution is 2.26. The van der Waals surface area contributed by atoms with Crippen LogP contribution in [-0.4, -0.2) is 36.2 Å². The Morgan fingerprint density at radius 2 is 1.62 bits per heavy atom. The van der Waals surface area contributed by atoms with E-state index in [0.717, 1.165) is 16.7 Å². The van der Waals surface area contributed by atoms with Gasteiger partial charge in [0.25, 0.3) is 5.91 Å². The standard InChI is InChI=1S/C26H27NO5/c1-26(2,25(29)30)32-21-12-9-18(10-13-21)15-16-27-24(28)22-17-20(11-14-23(22)31-3)19-7-5-4-6-8-19/h4-14,17H,15-16H2,1-3H3,(H,27,28)(H,29,30). The molecule has 1 amide bonds. The Labute approximate surface area is 187 Å². The molecule has 3 aromatic rings. The van der Waals surface area contributed by atoms with Crippen LogP contribution < -0.4 is 14.8 Å². The van der Waals surface area contributed by atoms with Crippen LogP contribution in [0.5, 0.6) is 11.5 Å². The van der Waals surface area contributed by atoms with Gasteiger partial charge < -0.3 is 19.9 Å². The minimum absolute atomic E-state index is 0.206. The van der Waals surface area contributed by atoms with Gasteiger partial charge in [-0.05, 0) is 61.2 Å². The van der Waals surface area contributed by atoms with E-state index >= 15 is 0 Å². The second-order valence-electron chi connectivity index (χ2n) is 7.85. The summed E-state index contributed by atoms with van der Waals surface area (Å²) >= 11 is 0. The molecular weight excluding hydrogens is 406 g/mol. The number of rotatable bonds is 9. The van der Waals surface area contributed by atoms with E-state index < -0.39 is 11.6 Å². The molecule has 6 nitrogen and oxygen atoms in total. The van der Waals surface area contributed by atoms with Crippen LogP contribution in [0.1, 0.15) is 29.8 Å². The molecule has 166 valence electrons. The van der Waals surface area contributed by atoms with E-state index in [2.05, 4.69) is 5.32 Å². The predicted octanol–water partition coefficient (Wildman–Crippen LogP) is 4.58. The van der Waals surface area contributed by atoms with Gasteiger partial charge >= 0.3 is 5.97 Å². The number of hydrogen-bond acceptors (Lipinski definition) is 4. The summed E-state index contributed by atoms with van der Waals surface area (Å²) in [5.74, 6) is -0.240. The summed E-state index contributed by atoms with van der Waals surface area (Å²) in [6, 6.07) is 22.6. The van der Waals surface area contributed by atoms with Gasteiger partial charge in [0.1, 0.15) is 11.5 Å². The van der Waals surface area contributed by atoms with Gasteiger partial charge in [0.05, 0.1) is 12.7 Å². The quantitative estimate of drug-likeness (QED) is 0.516. The molecule has 0 radical (unpaired) electrons. The Hall–Kier alpha value is -3.80. The van der Waals surface area contributed by atoms with Crippen LogP contribution >= 0.6 is 0 Å². The SMILES string of the molecule is COc1ccc(-c2ccccc2)cc1C(=O)NCCc1ccc(OC(C)(C)C(=O)O)cc1. The van der Waals surface area contributed by atoms with Crippen molar-refractivity contribution in [1.29, 1.82) is 0 Å². The first-order valence-electron chi connectivity index (χ1n) is 10.3. The van der Waals surface area contributed by atoms with Crippen molar-refractivity contribution in [2.45, 2.75) is 25.9 Å². The molecule has 0 atom stereocenters. The Morgan fingerprint density at radius 3 is 2.25 bits per heavy atom. The number of benzene rings is 3. The fourth-order valence-electron chi connectivity index (χ4n) is 3.17. The van der Waals surface area contributed by atoms with E-state index in [1.54, 1.807) is 25.3 Å². The van der Waals surface area contributed by atoms with Crippen molar-refractivity contribution < 1.29 is 24.2 Å². The van der Waals surface area contributed by atoms with E-state index in [-0.39, 0.29) is 5.91 Å². The molecule has 6 heteroatoms. The highest BCUT2D eigenvalue weighted by Gasteiger charge is 2.29. The van der Waals surface area contributed by atoms with Crippen molar-refractivity contribution in [3.63, 3.8) is 0 Å². The number of carboxylic acid groups (broad SMARTS) is 1. The second kappa shape index (κ2) is 10.0. The molecule has 2 N–H and O–H groups in total. The van der Waals surface area contributed by atoms with Crippen molar-refractivity contribution in [1.82, 2.24) is 5.32 Å². The monoisotopic (exact) mass is 433 g/mol. The van der Waals surface area contributed by atoms with E-state index in [1.807, 2.05) is 54.6 Å². The first-order chi connectivity index (χ1) is 15.3. The van der Waals surface area contributed by atoms with Gasteiger partial charge in [-0.2, -0.15) is 0 Å². The highest BCUT2D eigenvalue weighted by molar-refractivity contribution is 5.98. The van der Waals surface area contributed by atoms with Crippen molar-refractivity contribution in [3.8, 4) is 22.6 Å². The third kappa shape index (κ3) is 5.66. The Balaban J connectivity index is 1.62. The van der Waals surface area contributed by atoms with Gasteiger partial charge in [-0.25, -0.2) is 4.79 Å². The normalized spacial score (nSPS) is 11.0. The van der Waals surface area contributed by atoms with Gasteiger partial charge in [-0.3, -0.25) is 4.79 Å². The molecule has 0 aliphatic heterocycles. The number of hydrogen-bond donors (Lipinski definition) is 2. The number of methoxy groups -OCH3 is 1. The van der Waals surface area contributed by atoms with Crippen LogP contribution in [0.2, 0.25) is 0 Å². The number of aliphatic carboxylic acids is 1. The van der Waals surface area contributed by atoms with Crippen LogP contribution in [-0.2, 0) is 11.2 Å². The second-order valence-corrected chi connectivity index (χ2v) is 7.85. The number of amides is 1. The van der Waals surface area contributed by atoms with Crippen LogP contribution in [0.15, 0.2) is 72.8 Å². The maximum Gasteiger partial charge on any atom is 0.347 e. The molecular formula is C26H27NO5. The summed E-state index contributed by atoms with van der Waals surface area (Å²) in [7, 11) is 1.55. The van der Waals surface area contributed by atoms with Crippen molar-refractivity contribution in [2.24, 2.45) is 0 Å². The third-order valence-corrected chi connectivity index (χ3v) is 5.06. The largest absolute Gasteiger partial charge is 0.496 e. The molecule has 0 saturated carbocycles. The zero-order chi connectivity index (χ0) is 23.1. The van der Waals surface area contributed by atoms with Crippen LogP contribution in [0.25, 0.3) is 11.1 Å². The lowest BCUT2D eigenvalue weighted by Crippen LogP contribution is -2.37. The lowest BCUT2D eigenvalue weighted by atomic mass is 10.0. The number of nitrogens with one attached hydrogen (secondary N) is 1. The molecule has 0 bridgehead atoms.